The van der Waals surface area contributed by atoms with E-state index in [1.54, 1.807) is 23.9 Å². The van der Waals surface area contributed by atoms with Gasteiger partial charge in [0.25, 0.3) is 0 Å². The third kappa shape index (κ3) is 3.73. The topological polar surface area (TPSA) is 65.7 Å². The zero-order valence-corrected chi connectivity index (χ0v) is 17.4. The maximum atomic E-state index is 13.5. The van der Waals surface area contributed by atoms with Crippen LogP contribution in [0.1, 0.15) is 31.4 Å². The molecule has 2 aromatic carbocycles. The van der Waals surface area contributed by atoms with Crippen molar-refractivity contribution < 1.29 is 23.7 Å². The predicted molar refractivity (Wildman–Crippen MR) is 113 cm³/mol. The Morgan fingerprint density at radius 2 is 1.61 bits per heavy atom. The molecule has 0 amide bonds. The van der Waals surface area contributed by atoms with Crippen LogP contribution in [0.5, 0.6) is 5.75 Å². The number of rotatable bonds is 4. The molecule has 1 N–H and O–H groups in total. The number of hydrogen-bond donors (Lipinski definition) is 1. The van der Waals surface area contributed by atoms with Crippen molar-refractivity contribution in [2.45, 2.75) is 37.1 Å². The molecule has 1 aromatic heterocycles. The molecule has 31 heavy (non-hydrogen) atoms. The van der Waals surface area contributed by atoms with E-state index in [1.165, 1.54) is 12.1 Å². The van der Waals surface area contributed by atoms with Gasteiger partial charge in [-0.15, -0.1) is 0 Å². The highest BCUT2D eigenvalue weighted by atomic mass is 19.1. The summed E-state index contributed by atoms with van der Waals surface area (Å²) in [5.41, 5.74) is 1.93. The van der Waals surface area contributed by atoms with Crippen molar-refractivity contribution in [3.63, 3.8) is 0 Å². The van der Waals surface area contributed by atoms with E-state index in [4.69, 9.17) is 19.3 Å². The molecule has 1 aliphatic carbocycles. The molecule has 2 fully saturated rings. The van der Waals surface area contributed by atoms with E-state index >= 15 is 0 Å². The lowest BCUT2D eigenvalue weighted by atomic mass is 9.79. The number of nitrogens with zero attached hydrogens (tertiary/aromatic N) is 2. The lowest BCUT2D eigenvalue weighted by molar-refractivity contribution is -0.204. The molecule has 0 atom stereocenters. The SMILES string of the molecule is COc1ccc(-n2nc(C3(O)CCC4(CC3)OCCO4)cc2-c2ccc(F)cc2)cc1. The van der Waals surface area contributed by atoms with Crippen LogP contribution in [0.4, 0.5) is 4.39 Å². The van der Waals surface area contributed by atoms with Gasteiger partial charge in [-0.05, 0) is 67.4 Å². The molecular formula is C24H25FN2O4. The van der Waals surface area contributed by atoms with Crippen molar-refractivity contribution in [2.75, 3.05) is 20.3 Å². The molecule has 0 unspecified atom stereocenters. The summed E-state index contributed by atoms with van der Waals surface area (Å²) in [6.07, 6.45) is 2.22. The average molecular weight is 424 g/mol. The summed E-state index contributed by atoms with van der Waals surface area (Å²) in [6, 6.07) is 15.7. The maximum absolute atomic E-state index is 13.5. The van der Waals surface area contributed by atoms with Crippen LogP contribution in [-0.4, -0.2) is 41.0 Å². The molecule has 162 valence electrons. The quantitative estimate of drug-likeness (QED) is 0.680. The standard InChI is InChI=1S/C24H25FN2O4/c1-29-20-8-6-19(7-9-20)27-21(17-2-4-18(25)5-3-17)16-22(26-27)23(28)10-12-24(13-11-23)30-14-15-31-24/h2-9,16,28H,10-15H2,1H3. The minimum absolute atomic E-state index is 0.299. The Kier molecular flexibility index (Phi) is 5.04. The first-order valence-electron chi connectivity index (χ1n) is 10.5. The van der Waals surface area contributed by atoms with Crippen LogP contribution in [0.25, 0.3) is 16.9 Å². The van der Waals surface area contributed by atoms with Gasteiger partial charge in [-0.2, -0.15) is 5.10 Å². The smallest absolute Gasteiger partial charge is 0.168 e. The van der Waals surface area contributed by atoms with Gasteiger partial charge < -0.3 is 19.3 Å². The summed E-state index contributed by atoms with van der Waals surface area (Å²) in [7, 11) is 1.62. The van der Waals surface area contributed by atoms with Crippen LogP contribution in [0.15, 0.2) is 54.6 Å². The molecule has 2 heterocycles. The minimum Gasteiger partial charge on any atom is -0.497 e. The van der Waals surface area contributed by atoms with Crippen molar-refractivity contribution >= 4 is 0 Å². The molecule has 0 bridgehead atoms. The number of aliphatic hydroxyl groups is 1. The summed E-state index contributed by atoms with van der Waals surface area (Å²) in [4.78, 5) is 0. The molecule has 1 spiro atoms. The highest BCUT2D eigenvalue weighted by Crippen LogP contribution is 2.45. The third-order valence-corrected chi connectivity index (χ3v) is 6.30. The van der Waals surface area contributed by atoms with Gasteiger partial charge in [0, 0.05) is 18.4 Å². The number of ether oxygens (including phenoxy) is 3. The molecule has 5 rings (SSSR count). The summed E-state index contributed by atoms with van der Waals surface area (Å²) >= 11 is 0. The minimum atomic E-state index is -1.08. The molecule has 1 aliphatic heterocycles. The third-order valence-electron chi connectivity index (χ3n) is 6.30. The van der Waals surface area contributed by atoms with E-state index in [0.717, 1.165) is 22.7 Å². The summed E-state index contributed by atoms with van der Waals surface area (Å²) in [5, 5.41) is 16.3. The number of aromatic nitrogens is 2. The zero-order chi connectivity index (χ0) is 21.5. The maximum Gasteiger partial charge on any atom is 0.168 e. The molecule has 1 saturated carbocycles. The van der Waals surface area contributed by atoms with Crippen LogP contribution in [-0.2, 0) is 15.1 Å². The number of methoxy groups -OCH3 is 1. The second kappa shape index (κ2) is 7.75. The number of halogens is 1. The Hall–Kier alpha value is -2.74. The van der Waals surface area contributed by atoms with Crippen molar-refractivity contribution in [3.8, 4) is 22.7 Å². The highest BCUT2D eigenvalue weighted by Gasteiger charge is 2.47. The lowest BCUT2D eigenvalue weighted by Crippen LogP contribution is -2.42. The predicted octanol–water partition coefficient (Wildman–Crippen LogP) is 4.19. The summed E-state index contributed by atoms with van der Waals surface area (Å²) in [5.74, 6) is -0.121. The van der Waals surface area contributed by atoms with Crippen molar-refractivity contribution in [1.82, 2.24) is 9.78 Å². The molecule has 6 nitrogen and oxygen atoms in total. The van der Waals surface area contributed by atoms with Crippen LogP contribution < -0.4 is 4.74 Å². The van der Waals surface area contributed by atoms with Gasteiger partial charge in [0.05, 0.1) is 37.4 Å². The molecule has 7 heteroatoms. The van der Waals surface area contributed by atoms with E-state index in [1.807, 2.05) is 30.3 Å². The molecular weight excluding hydrogens is 399 g/mol. The Balaban J connectivity index is 1.53. The first-order valence-corrected chi connectivity index (χ1v) is 10.5. The van der Waals surface area contributed by atoms with E-state index in [-0.39, 0.29) is 5.82 Å². The zero-order valence-electron chi connectivity index (χ0n) is 17.4. The van der Waals surface area contributed by atoms with Crippen molar-refractivity contribution in [3.05, 3.63) is 66.1 Å². The first-order chi connectivity index (χ1) is 15.0. The Bertz CT molecular complexity index is 1050. The average Bonchev–Trinajstić information content (AvgIpc) is 3.45. The van der Waals surface area contributed by atoms with E-state index in [9.17, 15) is 9.50 Å². The fourth-order valence-electron chi connectivity index (χ4n) is 4.44. The Morgan fingerprint density at radius 3 is 2.23 bits per heavy atom. The molecule has 3 aromatic rings. The Morgan fingerprint density at radius 1 is 0.968 bits per heavy atom. The van der Waals surface area contributed by atoms with E-state index in [0.29, 0.717) is 44.6 Å². The largest absolute Gasteiger partial charge is 0.497 e. The second-order valence-electron chi connectivity index (χ2n) is 8.17. The fraction of sp³-hybridized carbons (Fsp3) is 0.375. The monoisotopic (exact) mass is 424 g/mol. The van der Waals surface area contributed by atoms with Crippen LogP contribution in [0.2, 0.25) is 0 Å². The lowest BCUT2D eigenvalue weighted by Gasteiger charge is -2.39. The summed E-state index contributed by atoms with van der Waals surface area (Å²) < 4.78 is 32.2. The van der Waals surface area contributed by atoms with E-state index in [2.05, 4.69) is 0 Å². The van der Waals surface area contributed by atoms with Crippen molar-refractivity contribution in [1.29, 1.82) is 0 Å². The molecule has 2 aliphatic rings. The molecule has 1 saturated heterocycles. The van der Waals surface area contributed by atoms with Gasteiger partial charge >= 0.3 is 0 Å². The second-order valence-corrected chi connectivity index (χ2v) is 8.17. The fourth-order valence-corrected chi connectivity index (χ4v) is 4.44. The van der Waals surface area contributed by atoms with Gasteiger partial charge in [0.15, 0.2) is 5.79 Å². The van der Waals surface area contributed by atoms with Gasteiger partial charge in [-0.3, -0.25) is 0 Å². The number of hydrogen-bond acceptors (Lipinski definition) is 5. The van der Waals surface area contributed by atoms with Gasteiger partial charge in [-0.1, -0.05) is 0 Å². The van der Waals surface area contributed by atoms with Gasteiger partial charge in [-0.25, -0.2) is 9.07 Å². The normalized spacial score (nSPS) is 19.6. The van der Waals surface area contributed by atoms with Crippen LogP contribution in [0.3, 0.4) is 0 Å². The van der Waals surface area contributed by atoms with Gasteiger partial charge in [0.2, 0.25) is 0 Å². The van der Waals surface area contributed by atoms with Crippen molar-refractivity contribution in [2.24, 2.45) is 0 Å². The molecule has 0 radical (unpaired) electrons. The highest BCUT2D eigenvalue weighted by molar-refractivity contribution is 5.63. The van der Waals surface area contributed by atoms with Crippen LogP contribution >= 0.6 is 0 Å². The van der Waals surface area contributed by atoms with E-state index < -0.39 is 11.4 Å². The number of benzene rings is 2. The summed E-state index contributed by atoms with van der Waals surface area (Å²) in [6.45, 7) is 1.19. The van der Waals surface area contributed by atoms with Crippen LogP contribution in [0, 0.1) is 5.82 Å². The van der Waals surface area contributed by atoms with Gasteiger partial charge in [0.1, 0.15) is 17.2 Å². The Labute approximate surface area is 180 Å². The first kappa shape index (κ1) is 20.2.